The molecule has 1 unspecified atom stereocenters. The molecule has 1 saturated heterocycles. The van der Waals surface area contributed by atoms with Gasteiger partial charge in [0.2, 0.25) is 5.12 Å². The van der Waals surface area contributed by atoms with E-state index in [1.807, 2.05) is 54.7 Å². The van der Waals surface area contributed by atoms with Crippen molar-refractivity contribution in [3.63, 3.8) is 0 Å². The second-order valence-corrected chi connectivity index (χ2v) is 7.20. The summed E-state index contributed by atoms with van der Waals surface area (Å²) in [5.41, 5.74) is 3.85. The van der Waals surface area contributed by atoms with E-state index in [1.165, 1.54) is 0 Å². The Hall–Kier alpha value is -3.04. The minimum atomic E-state index is -0.471. The van der Waals surface area contributed by atoms with Crippen LogP contribution >= 0.6 is 11.8 Å². The molecule has 0 saturated carbocycles. The molecule has 0 radical (unpaired) electrons. The fourth-order valence-corrected chi connectivity index (χ4v) is 3.91. The molecule has 0 aliphatic carbocycles. The van der Waals surface area contributed by atoms with E-state index >= 15 is 0 Å². The number of benzene rings is 2. The largest absolute Gasteiger partial charge is 0.343 e. The standard InChI is InChI=1S/C20H15N3O2S/c21-10-13-5-7-14(8-6-13)11-23-12-15(16-3-1-2-4-18(16)23)9-17-19(24)26-20(25)22-17/h1-8,12,17H,9,11H2,(H,22,25). The third-order valence-electron chi connectivity index (χ3n) is 4.50. The zero-order chi connectivity index (χ0) is 18.1. The van der Waals surface area contributed by atoms with Crippen LogP contribution in [0.5, 0.6) is 0 Å². The molecule has 2 aromatic carbocycles. The number of nitrogens with one attached hydrogen (secondary N) is 1. The summed E-state index contributed by atoms with van der Waals surface area (Å²) in [4.78, 5) is 23.3. The maximum Gasteiger partial charge on any atom is 0.287 e. The highest BCUT2D eigenvalue weighted by molar-refractivity contribution is 8.26. The number of nitrogens with zero attached hydrogens (tertiary/aromatic N) is 2. The molecule has 1 atom stereocenters. The highest BCUT2D eigenvalue weighted by atomic mass is 32.2. The Bertz CT molecular complexity index is 1050. The first kappa shape index (κ1) is 16.4. The molecular weight excluding hydrogens is 346 g/mol. The van der Waals surface area contributed by atoms with Gasteiger partial charge in [-0.05, 0) is 29.3 Å². The number of carbonyl (C=O) groups excluding carboxylic acids is 2. The number of fused-ring (bicyclic) bond motifs is 1. The van der Waals surface area contributed by atoms with Crippen LogP contribution < -0.4 is 5.32 Å². The maximum atomic E-state index is 11.9. The van der Waals surface area contributed by atoms with Crippen molar-refractivity contribution in [3.8, 4) is 6.07 Å². The number of para-hydroxylation sites is 1. The zero-order valence-corrected chi connectivity index (χ0v) is 14.6. The van der Waals surface area contributed by atoms with Gasteiger partial charge in [0.05, 0.1) is 11.6 Å². The predicted molar refractivity (Wildman–Crippen MR) is 101 cm³/mol. The summed E-state index contributed by atoms with van der Waals surface area (Å²) in [6.07, 6.45) is 2.53. The first-order chi connectivity index (χ1) is 12.6. The molecule has 26 heavy (non-hydrogen) atoms. The van der Waals surface area contributed by atoms with Crippen LogP contribution in [0.25, 0.3) is 10.9 Å². The molecule has 1 amide bonds. The first-order valence-electron chi connectivity index (χ1n) is 8.22. The maximum absolute atomic E-state index is 11.9. The van der Waals surface area contributed by atoms with Crippen molar-refractivity contribution in [3.05, 3.63) is 71.4 Å². The number of aromatic nitrogens is 1. The number of thioether (sulfide) groups is 1. The molecule has 1 N–H and O–H groups in total. The highest BCUT2D eigenvalue weighted by Crippen LogP contribution is 2.26. The predicted octanol–water partition coefficient (Wildman–Crippen LogP) is 3.46. The number of nitriles is 1. The SMILES string of the molecule is N#Cc1ccc(Cn2cc(CC3NC(=O)SC3=O)c3ccccc32)cc1. The molecule has 1 aliphatic rings. The second kappa shape index (κ2) is 6.70. The fraction of sp³-hybridized carbons (Fsp3) is 0.150. The van der Waals surface area contributed by atoms with Gasteiger partial charge in [0.1, 0.15) is 6.04 Å². The Morgan fingerprint density at radius 1 is 1.12 bits per heavy atom. The van der Waals surface area contributed by atoms with Crippen molar-refractivity contribution < 1.29 is 9.59 Å². The van der Waals surface area contributed by atoms with Gasteiger partial charge in [0.15, 0.2) is 0 Å². The third-order valence-corrected chi connectivity index (χ3v) is 5.29. The van der Waals surface area contributed by atoms with Crippen LogP contribution in [0.1, 0.15) is 16.7 Å². The Labute approximate surface area is 154 Å². The molecule has 1 aliphatic heterocycles. The van der Waals surface area contributed by atoms with E-state index in [2.05, 4.69) is 16.0 Å². The molecule has 0 spiro atoms. The van der Waals surface area contributed by atoms with E-state index in [0.717, 1.165) is 33.8 Å². The minimum Gasteiger partial charge on any atom is -0.343 e. The van der Waals surface area contributed by atoms with Crippen LogP contribution in [0, 0.1) is 11.3 Å². The average Bonchev–Trinajstić information content (AvgIpc) is 3.16. The van der Waals surface area contributed by atoms with Gasteiger partial charge in [-0.1, -0.05) is 30.3 Å². The van der Waals surface area contributed by atoms with Gasteiger partial charge in [-0.25, -0.2) is 0 Å². The summed E-state index contributed by atoms with van der Waals surface area (Å²) in [5, 5.41) is 12.3. The molecule has 0 bridgehead atoms. The summed E-state index contributed by atoms with van der Waals surface area (Å²) in [5.74, 6) is 0. The Morgan fingerprint density at radius 3 is 2.58 bits per heavy atom. The molecule has 128 valence electrons. The molecule has 2 heterocycles. The molecule has 1 aromatic heterocycles. The smallest absolute Gasteiger partial charge is 0.287 e. The third kappa shape index (κ3) is 3.09. The lowest BCUT2D eigenvalue weighted by Gasteiger charge is -2.06. The van der Waals surface area contributed by atoms with Crippen molar-refractivity contribution in [1.82, 2.24) is 9.88 Å². The second-order valence-electron chi connectivity index (χ2n) is 6.22. The quantitative estimate of drug-likeness (QED) is 0.772. The lowest BCUT2D eigenvalue weighted by Crippen LogP contribution is -2.30. The normalized spacial score (nSPS) is 16.7. The number of carbonyl (C=O) groups is 2. The van der Waals surface area contributed by atoms with E-state index in [9.17, 15) is 9.59 Å². The van der Waals surface area contributed by atoms with E-state index in [0.29, 0.717) is 18.5 Å². The number of amides is 1. The zero-order valence-electron chi connectivity index (χ0n) is 13.8. The van der Waals surface area contributed by atoms with Crippen molar-refractivity contribution in [2.45, 2.75) is 19.0 Å². The van der Waals surface area contributed by atoms with E-state index < -0.39 is 6.04 Å². The van der Waals surface area contributed by atoms with Crippen LogP contribution in [-0.2, 0) is 17.8 Å². The molecule has 1 fully saturated rings. The van der Waals surface area contributed by atoms with Crippen LogP contribution in [0.4, 0.5) is 4.79 Å². The monoisotopic (exact) mass is 361 g/mol. The fourth-order valence-electron chi connectivity index (χ4n) is 3.25. The summed E-state index contributed by atoms with van der Waals surface area (Å²) in [6, 6.07) is 17.2. The lowest BCUT2D eigenvalue weighted by atomic mass is 10.1. The Balaban J connectivity index is 1.66. The van der Waals surface area contributed by atoms with Crippen molar-refractivity contribution in [1.29, 1.82) is 5.26 Å². The Morgan fingerprint density at radius 2 is 1.88 bits per heavy atom. The van der Waals surface area contributed by atoms with Crippen LogP contribution in [-0.4, -0.2) is 21.0 Å². The molecule has 6 heteroatoms. The van der Waals surface area contributed by atoms with E-state index in [1.54, 1.807) is 0 Å². The minimum absolute atomic E-state index is 0.126. The van der Waals surface area contributed by atoms with Crippen LogP contribution in [0.15, 0.2) is 54.7 Å². The summed E-state index contributed by atoms with van der Waals surface area (Å²) < 4.78 is 2.14. The van der Waals surface area contributed by atoms with Crippen molar-refractivity contribution >= 4 is 33.0 Å². The van der Waals surface area contributed by atoms with E-state index in [-0.39, 0.29) is 10.4 Å². The summed E-state index contributed by atoms with van der Waals surface area (Å²) in [7, 11) is 0. The molecule has 3 aromatic rings. The molecule has 5 nitrogen and oxygen atoms in total. The topological polar surface area (TPSA) is 74.9 Å². The van der Waals surface area contributed by atoms with Gasteiger partial charge in [-0.15, -0.1) is 0 Å². The summed E-state index contributed by atoms with van der Waals surface area (Å²) in [6.45, 7) is 0.673. The lowest BCUT2D eigenvalue weighted by molar-refractivity contribution is -0.112. The van der Waals surface area contributed by atoms with Gasteiger partial charge >= 0.3 is 0 Å². The van der Waals surface area contributed by atoms with Crippen molar-refractivity contribution in [2.75, 3.05) is 0 Å². The molecule has 4 rings (SSSR count). The number of rotatable bonds is 4. The first-order valence-corrected chi connectivity index (χ1v) is 9.03. The number of hydrogen-bond acceptors (Lipinski definition) is 4. The van der Waals surface area contributed by atoms with Gasteiger partial charge in [-0.3, -0.25) is 9.59 Å². The number of hydrogen-bond donors (Lipinski definition) is 1. The van der Waals surface area contributed by atoms with Crippen molar-refractivity contribution in [2.24, 2.45) is 0 Å². The average molecular weight is 361 g/mol. The summed E-state index contributed by atoms with van der Waals surface area (Å²) >= 11 is 0.744. The molecular formula is C20H15N3O2S. The van der Waals surface area contributed by atoms with E-state index in [4.69, 9.17) is 5.26 Å². The van der Waals surface area contributed by atoms with Gasteiger partial charge < -0.3 is 9.88 Å². The highest BCUT2D eigenvalue weighted by Gasteiger charge is 2.31. The Kier molecular flexibility index (Phi) is 4.23. The van der Waals surface area contributed by atoms with Crippen LogP contribution in [0.2, 0.25) is 0 Å². The van der Waals surface area contributed by atoms with Crippen LogP contribution in [0.3, 0.4) is 0 Å². The van der Waals surface area contributed by atoms with Gasteiger partial charge in [-0.2, -0.15) is 5.26 Å². The van der Waals surface area contributed by atoms with Gasteiger partial charge in [0.25, 0.3) is 5.24 Å². The van der Waals surface area contributed by atoms with Gasteiger partial charge in [0, 0.05) is 41.8 Å².